The Morgan fingerprint density at radius 2 is 2.24 bits per heavy atom. The summed E-state index contributed by atoms with van der Waals surface area (Å²) in [5.41, 5.74) is 1.48. The second-order valence-corrected chi connectivity index (χ2v) is 6.70. The van der Waals surface area contributed by atoms with Gasteiger partial charge < -0.3 is 4.98 Å². The van der Waals surface area contributed by atoms with Crippen LogP contribution in [-0.2, 0) is 5.75 Å². The molecule has 0 aliphatic carbocycles. The van der Waals surface area contributed by atoms with E-state index in [0.29, 0.717) is 21.9 Å². The Hall–Kier alpha value is -2.10. The van der Waals surface area contributed by atoms with Crippen LogP contribution in [0.3, 0.4) is 0 Å². The van der Waals surface area contributed by atoms with Crippen molar-refractivity contribution in [3.05, 3.63) is 56.7 Å². The van der Waals surface area contributed by atoms with Gasteiger partial charge in [0.2, 0.25) is 0 Å². The maximum Gasteiger partial charge on any atom is 0.260 e. The fourth-order valence-electron chi connectivity index (χ4n) is 2.00. The first-order valence-electron chi connectivity index (χ1n) is 6.28. The molecule has 1 aromatic carbocycles. The molecule has 0 atom stereocenters. The molecular formula is C15H11N3OS2. The average molecular weight is 313 g/mol. The third kappa shape index (κ3) is 2.84. The summed E-state index contributed by atoms with van der Waals surface area (Å²) in [7, 11) is 0. The van der Waals surface area contributed by atoms with E-state index in [9.17, 15) is 4.79 Å². The molecule has 3 aromatic rings. The number of nitrogens with one attached hydrogen (secondary N) is 1. The van der Waals surface area contributed by atoms with Crippen LogP contribution in [0.5, 0.6) is 0 Å². The van der Waals surface area contributed by atoms with Gasteiger partial charge in [0, 0.05) is 10.6 Å². The van der Waals surface area contributed by atoms with Crippen LogP contribution in [-0.4, -0.2) is 9.97 Å². The van der Waals surface area contributed by atoms with Crippen molar-refractivity contribution in [3.8, 4) is 6.07 Å². The predicted octanol–water partition coefficient (Wildman–Crippen LogP) is 3.46. The number of aryl methyl sites for hydroxylation is 1. The van der Waals surface area contributed by atoms with Crippen molar-refractivity contribution in [2.75, 3.05) is 0 Å². The number of rotatable bonds is 3. The van der Waals surface area contributed by atoms with E-state index >= 15 is 0 Å². The van der Waals surface area contributed by atoms with E-state index in [4.69, 9.17) is 5.26 Å². The SMILES string of the molecule is Cc1cc2c(=O)[nH]c(SCc3ccccc3C#N)nc2s1. The molecule has 2 heterocycles. The van der Waals surface area contributed by atoms with E-state index in [1.165, 1.54) is 23.1 Å². The van der Waals surface area contributed by atoms with Crippen LogP contribution in [0.4, 0.5) is 0 Å². The highest BCUT2D eigenvalue weighted by Gasteiger charge is 2.08. The van der Waals surface area contributed by atoms with Crippen LogP contribution < -0.4 is 5.56 Å². The van der Waals surface area contributed by atoms with E-state index in [0.717, 1.165) is 15.3 Å². The smallest absolute Gasteiger partial charge is 0.260 e. The summed E-state index contributed by atoms with van der Waals surface area (Å²) in [6.07, 6.45) is 0. The zero-order chi connectivity index (χ0) is 14.8. The van der Waals surface area contributed by atoms with Crippen LogP contribution in [0.15, 0.2) is 40.3 Å². The predicted molar refractivity (Wildman–Crippen MR) is 85.7 cm³/mol. The van der Waals surface area contributed by atoms with Crippen molar-refractivity contribution >= 4 is 33.3 Å². The molecule has 0 radical (unpaired) electrons. The summed E-state index contributed by atoms with van der Waals surface area (Å²) in [5.74, 6) is 0.600. The van der Waals surface area contributed by atoms with Gasteiger partial charge in [-0.1, -0.05) is 30.0 Å². The summed E-state index contributed by atoms with van der Waals surface area (Å²) in [4.78, 5) is 21.1. The molecule has 3 rings (SSSR count). The number of thioether (sulfide) groups is 1. The van der Waals surface area contributed by atoms with Crippen LogP contribution >= 0.6 is 23.1 Å². The molecule has 0 aliphatic rings. The second kappa shape index (κ2) is 5.72. The first-order valence-corrected chi connectivity index (χ1v) is 8.09. The topological polar surface area (TPSA) is 69.5 Å². The quantitative estimate of drug-likeness (QED) is 0.594. The average Bonchev–Trinajstić information content (AvgIpc) is 2.86. The Balaban J connectivity index is 1.89. The zero-order valence-corrected chi connectivity index (χ0v) is 12.8. The van der Waals surface area contributed by atoms with Gasteiger partial charge in [-0.3, -0.25) is 4.79 Å². The van der Waals surface area contributed by atoms with Gasteiger partial charge in [-0.25, -0.2) is 4.98 Å². The van der Waals surface area contributed by atoms with Gasteiger partial charge in [0.05, 0.1) is 17.0 Å². The molecule has 104 valence electrons. The number of thiophene rings is 1. The molecule has 6 heteroatoms. The van der Waals surface area contributed by atoms with Crippen LogP contribution in [0, 0.1) is 18.3 Å². The first kappa shape index (κ1) is 13.9. The third-order valence-electron chi connectivity index (χ3n) is 3.01. The number of aromatic amines is 1. The van der Waals surface area contributed by atoms with Gasteiger partial charge in [-0.2, -0.15) is 5.26 Å². The van der Waals surface area contributed by atoms with Crippen molar-refractivity contribution in [2.24, 2.45) is 0 Å². The molecule has 0 aliphatic heterocycles. The Kier molecular flexibility index (Phi) is 3.78. The van der Waals surface area contributed by atoms with Crippen molar-refractivity contribution in [3.63, 3.8) is 0 Å². The highest BCUT2D eigenvalue weighted by atomic mass is 32.2. The largest absolute Gasteiger partial charge is 0.301 e. The first-order chi connectivity index (χ1) is 10.2. The van der Waals surface area contributed by atoms with Crippen LogP contribution in [0.1, 0.15) is 16.0 Å². The summed E-state index contributed by atoms with van der Waals surface area (Å²) in [6, 6.07) is 11.5. The monoisotopic (exact) mass is 313 g/mol. The maximum absolute atomic E-state index is 12.0. The Morgan fingerprint density at radius 3 is 3.05 bits per heavy atom. The summed E-state index contributed by atoms with van der Waals surface area (Å²) >= 11 is 2.94. The molecule has 0 bridgehead atoms. The Morgan fingerprint density at radius 1 is 1.43 bits per heavy atom. The minimum absolute atomic E-state index is 0.111. The lowest BCUT2D eigenvalue weighted by atomic mass is 10.1. The number of nitrogens with zero attached hydrogens (tertiary/aromatic N) is 2. The van der Waals surface area contributed by atoms with Crippen LogP contribution in [0.2, 0.25) is 0 Å². The molecule has 0 fully saturated rings. The number of H-pyrrole nitrogens is 1. The Bertz CT molecular complexity index is 905. The minimum atomic E-state index is -0.111. The van der Waals surface area contributed by atoms with Crippen molar-refractivity contribution < 1.29 is 0 Å². The summed E-state index contributed by atoms with van der Waals surface area (Å²) < 4.78 is 0. The van der Waals surface area contributed by atoms with Crippen molar-refractivity contribution in [1.82, 2.24) is 9.97 Å². The molecule has 0 amide bonds. The zero-order valence-electron chi connectivity index (χ0n) is 11.2. The molecule has 0 unspecified atom stereocenters. The molecule has 21 heavy (non-hydrogen) atoms. The van der Waals surface area contributed by atoms with E-state index in [1.807, 2.05) is 31.2 Å². The van der Waals surface area contributed by atoms with E-state index in [-0.39, 0.29) is 5.56 Å². The van der Waals surface area contributed by atoms with Crippen molar-refractivity contribution in [1.29, 1.82) is 5.26 Å². The lowest BCUT2D eigenvalue weighted by Gasteiger charge is -2.03. The maximum atomic E-state index is 12.0. The number of nitriles is 1. The lowest BCUT2D eigenvalue weighted by Crippen LogP contribution is -2.07. The fraction of sp³-hybridized carbons (Fsp3) is 0.133. The number of fused-ring (bicyclic) bond motifs is 1. The number of hydrogen-bond acceptors (Lipinski definition) is 5. The van der Waals surface area contributed by atoms with Gasteiger partial charge in [-0.15, -0.1) is 11.3 Å². The van der Waals surface area contributed by atoms with Gasteiger partial charge in [0.1, 0.15) is 4.83 Å². The summed E-state index contributed by atoms with van der Waals surface area (Å²) in [6.45, 7) is 1.96. The van der Waals surface area contributed by atoms with Gasteiger partial charge in [-0.05, 0) is 24.6 Å². The van der Waals surface area contributed by atoms with Gasteiger partial charge in [0.25, 0.3) is 5.56 Å². The third-order valence-corrected chi connectivity index (χ3v) is 4.87. The molecule has 0 saturated heterocycles. The van der Waals surface area contributed by atoms with Gasteiger partial charge in [0.15, 0.2) is 5.16 Å². The lowest BCUT2D eigenvalue weighted by molar-refractivity contribution is 0.979. The van der Waals surface area contributed by atoms with Crippen molar-refractivity contribution in [2.45, 2.75) is 17.8 Å². The van der Waals surface area contributed by atoms with E-state index in [2.05, 4.69) is 16.0 Å². The molecule has 1 N–H and O–H groups in total. The van der Waals surface area contributed by atoms with Gasteiger partial charge >= 0.3 is 0 Å². The summed E-state index contributed by atoms with van der Waals surface area (Å²) in [5, 5.41) is 10.3. The second-order valence-electron chi connectivity index (χ2n) is 4.50. The molecule has 0 spiro atoms. The normalized spacial score (nSPS) is 10.7. The highest BCUT2D eigenvalue weighted by Crippen LogP contribution is 2.25. The standard InChI is InChI=1S/C15H11N3OS2/c1-9-6-12-13(19)17-15(18-14(12)21-9)20-8-11-5-3-2-4-10(11)7-16/h2-6H,8H2,1H3,(H,17,18,19). The number of aromatic nitrogens is 2. The fourth-order valence-corrected chi connectivity index (χ4v) is 3.80. The molecule has 0 saturated carbocycles. The number of hydrogen-bond donors (Lipinski definition) is 1. The van der Waals surface area contributed by atoms with E-state index in [1.54, 1.807) is 6.07 Å². The minimum Gasteiger partial charge on any atom is -0.301 e. The van der Waals surface area contributed by atoms with E-state index < -0.39 is 0 Å². The Labute approximate surface area is 129 Å². The molecular weight excluding hydrogens is 302 g/mol. The highest BCUT2D eigenvalue weighted by molar-refractivity contribution is 7.98. The number of benzene rings is 1. The molecule has 4 nitrogen and oxygen atoms in total. The van der Waals surface area contributed by atoms with Crippen LogP contribution in [0.25, 0.3) is 10.2 Å². The molecule has 2 aromatic heterocycles.